The molecule has 166 valence electrons. The quantitative estimate of drug-likeness (QED) is 0.590. The lowest BCUT2D eigenvalue weighted by molar-refractivity contribution is -0.138. The van der Waals surface area contributed by atoms with Crippen molar-refractivity contribution in [3.05, 3.63) is 59.7 Å². The van der Waals surface area contributed by atoms with E-state index in [1.54, 1.807) is 0 Å². The third-order valence-electron chi connectivity index (χ3n) is 6.72. The lowest BCUT2D eigenvalue weighted by atomic mass is 9.98. The lowest BCUT2D eigenvalue weighted by Crippen LogP contribution is -2.52. The number of alkyl carbamates (subject to hydrolysis) is 1. The molecule has 3 aliphatic rings. The number of fused-ring (bicyclic) bond motifs is 3. The van der Waals surface area contributed by atoms with Gasteiger partial charge in [-0.3, -0.25) is 9.59 Å². The van der Waals surface area contributed by atoms with Crippen LogP contribution in [-0.4, -0.2) is 41.3 Å². The van der Waals surface area contributed by atoms with E-state index in [1.165, 1.54) is 0 Å². The zero-order valence-corrected chi connectivity index (χ0v) is 17.7. The molecule has 7 heteroatoms. The Labute approximate surface area is 186 Å². The number of carbonyl (C=O) groups is 3. The van der Waals surface area contributed by atoms with E-state index in [0.29, 0.717) is 12.8 Å². The van der Waals surface area contributed by atoms with Crippen molar-refractivity contribution < 1.29 is 24.2 Å². The molecular formula is C25H26N2O5. The number of carboxylic acid groups (broad SMARTS) is 1. The molecule has 3 N–H and O–H groups in total. The van der Waals surface area contributed by atoms with E-state index >= 15 is 0 Å². The predicted octanol–water partition coefficient (Wildman–Crippen LogP) is 3.43. The molecular weight excluding hydrogens is 408 g/mol. The van der Waals surface area contributed by atoms with Crippen molar-refractivity contribution in [1.82, 2.24) is 10.6 Å². The second-order valence-electron chi connectivity index (χ2n) is 9.13. The maximum Gasteiger partial charge on any atom is 0.407 e. The monoisotopic (exact) mass is 434 g/mol. The Hall–Kier alpha value is -3.35. The van der Waals surface area contributed by atoms with Crippen molar-refractivity contribution in [1.29, 1.82) is 0 Å². The number of carboxylic acids is 1. The minimum Gasteiger partial charge on any atom is -0.481 e. The van der Waals surface area contributed by atoms with Gasteiger partial charge in [0.05, 0.1) is 12.0 Å². The minimum absolute atomic E-state index is 0.0494. The highest BCUT2D eigenvalue weighted by atomic mass is 16.5. The van der Waals surface area contributed by atoms with Crippen LogP contribution >= 0.6 is 0 Å². The molecule has 7 nitrogen and oxygen atoms in total. The average molecular weight is 434 g/mol. The van der Waals surface area contributed by atoms with Crippen LogP contribution in [-0.2, 0) is 14.3 Å². The number of nitrogens with one attached hydrogen (secondary N) is 2. The standard InChI is InChI=1S/C25H26N2O5/c28-21(29)13-25(11-12-25)27-23(30)22(15-9-10-15)26-24(31)32-14-20-18-7-3-1-5-16(18)17-6-2-4-8-19(17)20/h1-8,15,20,22H,9-14H2,(H,26,31)(H,27,30)(H,28,29). The second kappa shape index (κ2) is 7.97. The molecule has 3 aliphatic carbocycles. The summed E-state index contributed by atoms with van der Waals surface area (Å²) in [4.78, 5) is 36.5. The molecule has 5 rings (SSSR count). The van der Waals surface area contributed by atoms with E-state index in [9.17, 15) is 14.4 Å². The highest BCUT2D eigenvalue weighted by molar-refractivity contribution is 5.88. The van der Waals surface area contributed by atoms with Gasteiger partial charge in [-0.1, -0.05) is 48.5 Å². The summed E-state index contributed by atoms with van der Waals surface area (Å²) >= 11 is 0. The highest BCUT2D eigenvalue weighted by Gasteiger charge is 2.48. The maximum atomic E-state index is 12.8. The van der Waals surface area contributed by atoms with Gasteiger partial charge in [0.1, 0.15) is 12.6 Å². The van der Waals surface area contributed by atoms with Gasteiger partial charge >= 0.3 is 12.1 Å². The van der Waals surface area contributed by atoms with Gasteiger partial charge in [0, 0.05) is 5.92 Å². The van der Waals surface area contributed by atoms with Crippen molar-refractivity contribution in [3.63, 3.8) is 0 Å². The van der Waals surface area contributed by atoms with Crippen LogP contribution in [0.1, 0.15) is 49.1 Å². The summed E-state index contributed by atoms with van der Waals surface area (Å²) in [6.07, 6.45) is 2.28. The molecule has 2 aromatic rings. The SMILES string of the molecule is O=C(O)CC1(NC(=O)C(NC(=O)OCC2c3ccccc3-c3ccccc32)C2CC2)CC1. The fraction of sp³-hybridized carbons (Fsp3) is 0.400. The minimum atomic E-state index is -0.935. The van der Waals surface area contributed by atoms with E-state index in [-0.39, 0.29) is 30.8 Å². The van der Waals surface area contributed by atoms with Gasteiger partial charge in [-0.25, -0.2) is 4.79 Å². The summed E-state index contributed by atoms with van der Waals surface area (Å²) in [6.45, 7) is 0.182. The molecule has 0 radical (unpaired) electrons. The number of carbonyl (C=O) groups excluding carboxylic acids is 2. The van der Waals surface area contributed by atoms with E-state index in [0.717, 1.165) is 35.1 Å². The number of rotatable bonds is 8. The Balaban J connectivity index is 1.23. The van der Waals surface area contributed by atoms with Crippen LogP contribution in [0.2, 0.25) is 0 Å². The van der Waals surface area contributed by atoms with Crippen LogP contribution in [0.5, 0.6) is 0 Å². The molecule has 1 unspecified atom stereocenters. The number of benzene rings is 2. The Morgan fingerprint density at radius 2 is 1.59 bits per heavy atom. The fourth-order valence-electron chi connectivity index (χ4n) is 4.72. The van der Waals surface area contributed by atoms with Crippen LogP contribution in [0.4, 0.5) is 4.79 Å². The Kier molecular flexibility index (Phi) is 5.12. The average Bonchev–Trinajstić information content (AvgIpc) is 3.70. The van der Waals surface area contributed by atoms with Gasteiger partial charge in [0.25, 0.3) is 0 Å². The molecule has 1 atom stereocenters. The molecule has 0 aromatic heterocycles. The molecule has 0 aliphatic heterocycles. The summed E-state index contributed by atoms with van der Waals surface area (Å²) in [5.74, 6) is -1.24. The van der Waals surface area contributed by atoms with E-state index in [2.05, 4.69) is 34.9 Å². The third kappa shape index (κ3) is 4.07. The summed E-state index contributed by atoms with van der Waals surface area (Å²) < 4.78 is 5.58. The normalized spacial score (nSPS) is 18.8. The number of hydrogen-bond acceptors (Lipinski definition) is 4. The fourth-order valence-corrected chi connectivity index (χ4v) is 4.72. The Bertz CT molecular complexity index is 1030. The van der Waals surface area contributed by atoms with Gasteiger partial charge in [0.15, 0.2) is 0 Å². The van der Waals surface area contributed by atoms with Gasteiger partial charge in [-0.05, 0) is 53.9 Å². The zero-order valence-electron chi connectivity index (χ0n) is 17.7. The number of aliphatic carboxylic acids is 1. The van der Waals surface area contributed by atoms with Crippen molar-refractivity contribution in [3.8, 4) is 11.1 Å². The van der Waals surface area contributed by atoms with Gasteiger partial charge < -0.3 is 20.5 Å². The van der Waals surface area contributed by atoms with E-state index in [1.807, 2.05) is 24.3 Å². The molecule has 0 heterocycles. The van der Waals surface area contributed by atoms with E-state index < -0.39 is 23.6 Å². The molecule has 0 spiro atoms. The van der Waals surface area contributed by atoms with Gasteiger partial charge in [-0.15, -0.1) is 0 Å². The smallest absolute Gasteiger partial charge is 0.407 e. The summed E-state index contributed by atoms with van der Waals surface area (Å²) in [5.41, 5.74) is 3.89. The first-order valence-corrected chi connectivity index (χ1v) is 11.1. The second-order valence-corrected chi connectivity index (χ2v) is 9.13. The van der Waals surface area contributed by atoms with Crippen molar-refractivity contribution in [2.75, 3.05) is 6.61 Å². The summed E-state index contributed by atoms with van der Waals surface area (Å²) in [5, 5.41) is 14.7. The first-order chi connectivity index (χ1) is 15.5. The first-order valence-electron chi connectivity index (χ1n) is 11.1. The summed E-state index contributed by atoms with van der Waals surface area (Å²) in [7, 11) is 0. The predicted molar refractivity (Wildman–Crippen MR) is 117 cm³/mol. The topological polar surface area (TPSA) is 105 Å². The largest absolute Gasteiger partial charge is 0.481 e. The third-order valence-corrected chi connectivity index (χ3v) is 6.72. The molecule has 0 bridgehead atoms. The first kappa shape index (κ1) is 20.5. The van der Waals surface area contributed by atoms with Crippen molar-refractivity contribution >= 4 is 18.0 Å². The van der Waals surface area contributed by atoms with Crippen LogP contribution in [0.25, 0.3) is 11.1 Å². The zero-order chi connectivity index (χ0) is 22.3. The molecule has 2 saturated carbocycles. The van der Waals surface area contributed by atoms with E-state index in [4.69, 9.17) is 9.84 Å². The Morgan fingerprint density at radius 1 is 1.00 bits per heavy atom. The number of hydrogen-bond donors (Lipinski definition) is 3. The van der Waals surface area contributed by atoms with Gasteiger partial charge in [-0.2, -0.15) is 0 Å². The number of ether oxygens (including phenoxy) is 1. The molecule has 2 amide bonds. The van der Waals surface area contributed by atoms with Crippen LogP contribution < -0.4 is 10.6 Å². The van der Waals surface area contributed by atoms with Crippen molar-refractivity contribution in [2.24, 2.45) is 5.92 Å². The Morgan fingerprint density at radius 3 is 2.12 bits per heavy atom. The number of amides is 2. The highest BCUT2D eigenvalue weighted by Crippen LogP contribution is 2.44. The molecule has 2 aromatic carbocycles. The lowest BCUT2D eigenvalue weighted by Gasteiger charge is -2.22. The van der Waals surface area contributed by atoms with Crippen LogP contribution in [0.3, 0.4) is 0 Å². The molecule has 0 saturated heterocycles. The summed E-state index contributed by atoms with van der Waals surface area (Å²) in [6, 6.07) is 15.5. The molecule has 32 heavy (non-hydrogen) atoms. The van der Waals surface area contributed by atoms with Crippen molar-refractivity contribution in [2.45, 2.75) is 49.6 Å². The van der Waals surface area contributed by atoms with Crippen LogP contribution in [0.15, 0.2) is 48.5 Å². The van der Waals surface area contributed by atoms with Crippen LogP contribution in [0, 0.1) is 5.92 Å². The molecule has 2 fully saturated rings. The maximum absolute atomic E-state index is 12.8. The van der Waals surface area contributed by atoms with Gasteiger partial charge in [0.2, 0.25) is 5.91 Å².